The number of carbonyl (C=O) groups excluding carboxylic acids is 2. The van der Waals surface area contributed by atoms with Crippen molar-refractivity contribution in [2.24, 2.45) is 0 Å². The van der Waals surface area contributed by atoms with E-state index in [-0.39, 0.29) is 16.2 Å². The van der Waals surface area contributed by atoms with Gasteiger partial charge in [0, 0.05) is 23.1 Å². The van der Waals surface area contributed by atoms with Crippen molar-refractivity contribution in [1.29, 1.82) is 0 Å². The molecule has 0 saturated carbocycles. The zero-order chi connectivity index (χ0) is 16.7. The fourth-order valence-electron chi connectivity index (χ4n) is 2.50. The summed E-state index contributed by atoms with van der Waals surface area (Å²) in [5, 5.41) is 0.374. The molecule has 0 radical (unpaired) electrons. The summed E-state index contributed by atoms with van der Waals surface area (Å²) in [4.78, 5) is 25.4. The van der Waals surface area contributed by atoms with E-state index in [1.54, 1.807) is 24.3 Å². The van der Waals surface area contributed by atoms with Gasteiger partial charge in [-0.2, -0.15) is 0 Å². The molecule has 0 bridgehead atoms. The molecule has 0 N–H and O–H groups in total. The number of fused-ring (bicyclic) bond motifs is 1. The third-order valence-electron chi connectivity index (χ3n) is 3.52. The molecule has 0 unspecified atom stereocenters. The van der Waals surface area contributed by atoms with E-state index in [9.17, 15) is 14.0 Å². The predicted molar refractivity (Wildman–Crippen MR) is 88.9 cm³/mol. The van der Waals surface area contributed by atoms with Crippen LogP contribution in [0.2, 0.25) is 10.0 Å². The molecule has 0 aromatic heterocycles. The average molecular weight is 350 g/mol. The van der Waals surface area contributed by atoms with Gasteiger partial charge in [-0.15, -0.1) is 0 Å². The number of hydrogen-bond acceptors (Lipinski definition) is 2. The van der Waals surface area contributed by atoms with Crippen LogP contribution in [0, 0.1) is 5.82 Å². The number of imide groups is 1. The highest BCUT2D eigenvalue weighted by molar-refractivity contribution is 6.42. The summed E-state index contributed by atoms with van der Waals surface area (Å²) in [7, 11) is 0. The van der Waals surface area contributed by atoms with Crippen LogP contribution in [-0.2, 0) is 9.59 Å². The second-order valence-electron chi connectivity index (χ2n) is 5.02. The van der Waals surface area contributed by atoms with E-state index >= 15 is 0 Å². The van der Waals surface area contributed by atoms with Gasteiger partial charge in [-0.25, -0.2) is 9.29 Å². The molecule has 2 aromatic rings. The van der Waals surface area contributed by atoms with Crippen LogP contribution in [0.5, 0.6) is 0 Å². The lowest BCUT2D eigenvalue weighted by atomic mass is 10.0. The number of rotatable bonds is 1. The zero-order valence-electron chi connectivity index (χ0n) is 11.9. The number of benzene rings is 2. The molecule has 23 heavy (non-hydrogen) atoms. The molecule has 0 spiro atoms. The molecule has 6 heteroatoms. The zero-order valence-corrected chi connectivity index (χ0v) is 13.5. The van der Waals surface area contributed by atoms with Crippen molar-refractivity contribution in [3.63, 3.8) is 0 Å². The molecule has 0 atom stereocenters. The van der Waals surface area contributed by atoms with E-state index in [0.29, 0.717) is 16.3 Å². The number of nitrogens with zero attached hydrogens (tertiary/aromatic N) is 1. The van der Waals surface area contributed by atoms with Gasteiger partial charge >= 0.3 is 0 Å². The topological polar surface area (TPSA) is 37.4 Å². The Kier molecular flexibility index (Phi) is 3.96. The summed E-state index contributed by atoms with van der Waals surface area (Å²) < 4.78 is 14.1. The molecule has 3 rings (SSSR count). The predicted octanol–water partition coefficient (Wildman–Crippen LogP) is 4.57. The fourth-order valence-corrected chi connectivity index (χ4v) is 2.86. The van der Waals surface area contributed by atoms with E-state index in [1.807, 2.05) is 0 Å². The highest BCUT2D eigenvalue weighted by Crippen LogP contribution is 2.39. The lowest BCUT2D eigenvalue weighted by Gasteiger charge is -2.11. The van der Waals surface area contributed by atoms with E-state index in [2.05, 4.69) is 0 Å². The molecular weight excluding hydrogens is 340 g/mol. The minimum atomic E-state index is -0.626. The van der Waals surface area contributed by atoms with E-state index < -0.39 is 17.6 Å². The maximum Gasteiger partial charge on any atom is 0.265 e. The first-order chi connectivity index (χ1) is 10.9. The lowest BCUT2D eigenvalue weighted by Crippen LogP contribution is -2.31. The molecule has 1 heterocycles. The lowest BCUT2D eigenvalue weighted by molar-refractivity contribution is -0.122. The van der Waals surface area contributed by atoms with Crippen molar-refractivity contribution in [3.05, 3.63) is 63.4 Å². The van der Waals surface area contributed by atoms with Crippen LogP contribution in [0.15, 0.2) is 36.4 Å². The third-order valence-corrected chi connectivity index (χ3v) is 4.05. The first-order valence-electron chi connectivity index (χ1n) is 6.71. The SMILES string of the molecule is CC(=O)N1C(=O)C(=Cc2cccc(Cl)c2F)c2cc(Cl)ccc21. The quantitative estimate of drug-likeness (QED) is 0.707. The molecule has 0 aliphatic carbocycles. The summed E-state index contributed by atoms with van der Waals surface area (Å²) in [6.45, 7) is 1.29. The molecular formula is C17H10Cl2FNO2. The fraction of sp³-hybridized carbons (Fsp3) is 0.0588. The second kappa shape index (κ2) is 5.80. The van der Waals surface area contributed by atoms with Crippen LogP contribution < -0.4 is 4.90 Å². The van der Waals surface area contributed by atoms with Crippen molar-refractivity contribution in [3.8, 4) is 0 Å². The Labute approximate surface area is 141 Å². The van der Waals surface area contributed by atoms with Gasteiger partial charge in [0.25, 0.3) is 5.91 Å². The van der Waals surface area contributed by atoms with Crippen LogP contribution in [-0.4, -0.2) is 11.8 Å². The first kappa shape index (κ1) is 15.7. The number of amides is 2. The van der Waals surface area contributed by atoms with Gasteiger partial charge in [0.15, 0.2) is 0 Å². The van der Waals surface area contributed by atoms with Gasteiger partial charge in [-0.05, 0) is 30.3 Å². The average Bonchev–Trinajstić information content (AvgIpc) is 2.76. The Hall–Kier alpha value is -2.17. The summed E-state index contributed by atoms with van der Waals surface area (Å²) in [5.74, 6) is -1.57. The molecule has 2 aromatic carbocycles. The second-order valence-corrected chi connectivity index (χ2v) is 5.87. The molecule has 116 valence electrons. The normalized spacial score (nSPS) is 15.2. The standard InChI is InChI=1S/C17H10Cl2FNO2/c1-9(22)21-15-6-5-11(18)8-12(15)13(17(21)23)7-10-3-2-4-14(19)16(10)20/h2-8H,1H3. The molecule has 3 nitrogen and oxygen atoms in total. The minimum Gasteiger partial charge on any atom is -0.274 e. The van der Waals surface area contributed by atoms with Crippen molar-refractivity contribution in [2.75, 3.05) is 4.90 Å². The summed E-state index contributed by atoms with van der Waals surface area (Å²) in [5.41, 5.74) is 1.27. The van der Waals surface area contributed by atoms with Crippen LogP contribution in [0.25, 0.3) is 11.6 Å². The molecule has 1 aliphatic heterocycles. The number of anilines is 1. The van der Waals surface area contributed by atoms with Crippen molar-refractivity contribution >= 4 is 52.4 Å². The Balaban J connectivity index is 2.22. The highest BCUT2D eigenvalue weighted by Gasteiger charge is 2.35. The van der Waals surface area contributed by atoms with E-state index in [0.717, 1.165) is 4.90 Å². The number of carbonyl (C=O) groups is 2. The maximum absolute atomic E-state index is 14.1. The van der Waals surface area contributed by atoms with Crippen LogP contribution >= 0.6 is 23.2 Å². The van der Waals surface area contributed by atoms with Crippen LogP contribution in [0.4, 0.5) is 10.1 Å². The molecule has 2 amide bonds. The Bertz CT molecular complexity index is 877. The smallest absolute Gasteiger partial charge is 0.265 e. The van der Waals surface area contributed by atoms with Crippen molar-refractivity contribution < 1.29 is 14.0 Å². The Morgan fingerprint density at radius 1 is 1.22 bits per heavy atom. The molecule has 0 fully saturated rings. The minimum absolute atomic E-state index is 0.0421. The van der Waals surface area contributed by atoms with Gasteiger partial charge < -0.3 is 0 Å². The maximum atomic E-state index is 14.1. The summed E-state index contributed by atoms with van der Waals surface area (Å²) in [6.07, 6.45) is 1.38. The number of hydrogen-bond donors (Lipinski definition) is 0. The van der Waals surface area contributed by atoms with Crippen molar-refractivity contribution in [2.45, 2.75) is 6.92 Å². The Morgan fingerprint density at radius 3 is 2.65 bits per heavy atom. The number of halogens is 3. The Morgan fingerprint density at radius 2 is 1.96 bits per heavy atom. The molecule has 1 aliphatic rings. The molecule has 0 saturated heterocycles. The summed E-state index contributed by atoms with van der Waals surface area (Å²) >= 11 is 11.8. The summed E-state index contributed by atoms with van der Waals surface area (Å²) in [6, 6.07) is 9.26. The van der Waals surface area contributed by atoms with E-state index in [1.165, 1.54) is 25.1 Å². The van der Waals surface area contributed by atoms with Gasteiger partial charge in [0.05, 0.1) is 16.3 Å². The van der Waals surface area contributed by atoms with Gasteiger partial charge in [-0.3, -0.25) is 9.59 Å². The van der Waals surface area contributed by atoms with Crippen molar-refractivity contribution in [1.82, 2.24) is 0 Å². The highest BCUT2D eigenvalue weighted by atomic mass is 35.5. The largest absolute Gasteiger partial charge is 0.274 e. The monoisotopic (exact) mass is 349 g/mol. The van der Waals surface area contributed by atoms with Gasteiger partial charge in [0.1, 0.15) is 5.82 Å². The van der Waals surface area contributed by atoms with Gasteiger partial charge in [0.2, 0.25) is 5.91 Å². The first-order valence-corrected chi connectivity index (χ1v) is 7.46. The third kappa shape index (κ3) is 2.64. The van der Waals surface area contributed by atoms with E-state index in [4.69, 9.17) is 23.2 Å². The van der Waals surface area contributed by atoms with Crippen LogP contribution in [0.1, 0.15) is 18.1 Å². The van der Waals surface area contributed by atoms with Crippen LogP contribution in [0.3, 0.4) is 0 Å². The van der Waals surface area contributed by atoms with Gasteiger partial charge in [-0.1, -0.05) is 35.3 Å².